The number of likely N-dealkylation sites (tertiary alicyclic amines) is 1. The summed E-state index contributed by atoms with van der Waals surface area (Å²) in [5, 5.41) is 13.5. The molecule has 0 radical (unpaired) electrons. The topological polar surface area (TPSA) is 44.7 Å². The molecule has 3 heterocycles. The normalized spacial score (nSPS) is 39.0. The average Bonchev–Trinajstić information content (AvgIpc) is 3.02. The Hall–Kier alpha value is -0.160. The maximum atomic E-state index is 10.00. The van der Waals surface area contributed by atoms with Gasteiger partial charge in [-0.1, -0.05) is 0 Å². The van der Waals surface area contributed by atoms with Crippen LogP contribution >= 0.6 is 0 Å². The number of nitrogens with zero attached hydrogens (tertiary/aromatic N) is 1. The summed E-state index contributed by atoms with van der Waals surface area (Å²) in [5.41, 5.74) is 0. The van der Waals surface area contributed by atoms with Gasteiger partial charge >= 0.3 is 0 Å². The second-order valence-electron chi connectivity index (χ2n) is 5.79. The fourth-order valence-corrected chi connectivity index (χ4v) is 3.47. The first-order valence-electron chi connectivity index (χ1n) is 7.10. The third-order valence-electron chi connectivity index (χ3n) is 4.39. The summed E-state index contributed by atoms with van der Waals surface area (Å²) in [7, 11) is 0. The minimum absolute atomic E-state index is 0.229. The highest BCUT2D eigenvalue weighted by atomic mass is 16.5. The zero-order valence-electron chi connectivity index (χ0n) is 10.5. The van der Waals surface area contributed by atoms with Gasteiger partial charge in [0.1, 0.15) is 0 Å². The summed E-state index contributed by atoms with van der Waals surface area (Å²) in [6.07, 6.45) is 6.84. The number of fused-ring (bicyclic) bond motifs is 2. The van der Waals surface area contributed by atoms with E-state index in [1.54, 1.807) is 0 Å². The zero-order valence-corrected chi connectivity index (χ0v) is 10.5. The highest BCUT2D eigenvalue weighted by Gasteiger charge is 2.40. The summed E-state index contributed by atoms with van der Waals surface area (Å²) < 4.78 is 5.80. The van der Waals surface area contributed by atoms with Gasteiger partial charge in [-0.05, 0) is 45.2 Å². The molecule has 3 fully saturated rings. The monoisotopic (exact) mass is 240 g/mol. The van der Waals surface area contributed by atoms with E-state index < -0.39 is 0 Å². The number of aliphatic hydroxyl groups is 1. The Morgan fingerprint density at radius 3 is 2.76 bits per heavy atom. The van der Waals surface area contributed by atoms with Gasteiger partial charge in [0.05, 0.1) is 18.3 Å². The third-order valence-corrected chi connectivity index (χ3v) is 4.39. The zero-order chi connectivity index (χ0) is 11.7. The molecule has 3 saturated heterocycles. The first kappa shape index (κ1) is 11.9. The molecule has 3 aliphatic rings. The fourth-order valence-electron chi connectivity index (χ4n) is 3.47. The first-order chi connectivity index (χ1) is 8.31. The highest BCUT2D eigenvalue weighted by molar-refractivity contribution is 4.94. The molecule has 0 aromatic rings. The average molecular weight is 240 g/mol. The van der Waals surface area contributed by atoms with Crippen molar-refractivity contribution in [1.29, 1.82) is 0 Å². The van der Waals surface area contributed by atoms with Crippen molar-refractivity contribution in [3.63, 3.8) is 0 Å². The Bertz CT molecular complexity index is 256. The van der Waals surface area contributed by atoms with Crippen LogP contribution in [0.2, 0.25) is 0 Å². The lowest BCUT2D eigenvalue weighted by Crippen LogP contribution is -2.44. The molecule has 0 aliphatic carbocycles. The molecule has 0 saturated carbocycles. The van der Waals surface area contributed by atoms with Gasteiger partial charge < -0.3 is 20.1 Å². The van der Waals surface area contributed by atoms with E-state index in [0.717, 1.165) is 26.1 Å². The van der Waals surface area contributed by atoms with Crippen molar-refractivity contribution >= 4 is 0 Å². The molecular weight excluding hydrogens is 216 g/mol. The number of hydrogen-bond acceptors (Lipinski definition) is 4. The van der Waals surface area contributed by atoms with Crippen molar-refractivity contribution in [1.82, 2.24) is 10.2 Å². The summed E-state index contributed by atoms with van der Waals surface area (Å²) in [4.78, 5) is 2.36. The minimum Gasteiger partial charge on any atom is -0.390 e. The molecule has 4 atom stereocenters. The molecule has 4 unspecified atom stereocenters. The van der Waals surface area contributed by atoms with E-state index in [1.165, 1.54) is 25.7 Å². The molecule has 2 N–H and O–H groups in total. The van der Waals surface area contributed by atoms with Gasteiger partial charge in [0, 0.05) is 19.1 Å². The van der Waals surface area contributed by atoms with E-state index in [4.69, 9.17) is 4.74 Å². The Labute approximate surface area is 103 Å². The van der Waals surface area contributed by atoms with Gasteiger partial charge in [0.15, 0.2) is 0 Å². The molecule has 2 bridgehead atoms. The predicted octanol–water partition coefficient (Wildman–Crippen LogP) is 0.353. The molecule has 3 aliphatic heterocycles. The van der Waals surface area contributed by atoms with Crippen LogP contribution in [-0.2, 0) is 4.74 Å². The fraction of sp³-hybridized carbons (Fsp3) is 1.00. The van der Waals surface area contributed by atoms with Gasteiger partial charge in [-0.3, -0.25) is 0 Å². The summed E-state index contributed by atoms with van der Waals surface area (Å²) in [6.45, 7) is 3.87. The first-order valence-corrected chi connectivity index (χ1v) is 7.10. The van der Waals surface area contributed by atoms with Gasteiger partial charge in [0.25, 0.3) is 0 Å². The van der Waals surface area contributed by atoms with Crippen molar-refractivity contribution in [2.45, 2.75) is 56.5 Å². The van der Waals surface area contributed by atoms with E-state index >= 15 is 0 Å². The smallest absolute Gasteiger partial charge is 0.0791 e. The van der Waals surface area contributed by atoms with Crippen LogP contribution in [0.4, 0.5) is 0 Å². The predicted molar refractivity (Wildman–Crippen MR) is 66.0 cm³/mol. The molecule has 4 heteroatoms. The van der Waals surface area contributed by atoms with Crippen molar-refractivity contribution in [3.05, 3.63) is 0 Å². The molecule has 0 aromatic heterocycles. The van der Waals surface area contributed by atoms with Crippen molar-refractivity contribution < 1.29 is 9.84 Å². The van der Waals surface area contributed by atoms with Gasteiger partial charge in [-0.15, -0.1) is 0 Å². The maximum Gasteiger partial charge on any atom is 0.0791 e. The number of aliphatic hydroxyl groups excluding tert-OH is 1. The van der Waals surface area contributed by atoms with E-state index in [-0.39, 0.29) is 6.10 Å². The molecule has 3 rings (SSSR count). The lowest BCUT2D eigenvalue weighted by Gasteiger charge is -2.24. The molecular formula is C13H24N2O2. The van der Waals surface area contributed by atoms with E-state index in [1.807, 2.05) is 0 Å². The maximum absolute atomic E-state index is 10.00. The van der Waals surface area contributed by atoms with Crippen LogP contribution in [0.15, 0.2) is 0 Å². The molecule has 4 nitrogen and oxygen atoms in total. The Morgan fingerprint density at radius 1 is 1.29 bits per heavy atom. The molecule has 17 heavy (non-hydrogen) atoms. The van der Waals surface area contributed by atoms with Crippen LogP contribution in [0.25, 0.3) is 0 Å². The van der Waals surface area contributed by atoms with Crippen LogP contribution in [0.1, 0.15) is 32.1 Å². The van der Waals surface area contributed by atoms with E-state index in [0.29, 0.717) is 24.8 Å². The Balaban J connectivity index is 1.36. The summed E-state index contributed by atoms with van der Waals surface area (Å²) >= 11 is 0. The van der Waals surface area contributed by atoms with Gasteiger partial charge in [-0.2, -0.15) is 0 Å². The van der Waals surface area contributed by atoms with Crippen LogP contribution in [0, 0.1) is 0 Å². The largest absolute Gasteiger partial charge is 0.390 e. The summed E-state index contributed by atoms with van der Waals surface area (Å²) in [6, 6.07) is 0.488. The van der Waals surface area contributed by atoms with Crippen LogP contribution in [0.5, 0.6) is 0 Å². The highest BCUT2D eigenvalue weighted by Crippen LogP contribution is 2.34. The SMILES string of the molecule is OC(CNC1CC2CCC1O2)CN1CCCC1. The molecule has 98 valence electrons. The van der Waals surface area contributed by atoms with E-state index in [2.05, 4.69) is 10.2 Å². The summed E-state index contributed by atoms with van der Waals surface area (Å²) in [5.74, 6) is 0. The number of rotatable bonds is 5. The second kappa shape index (κ2) is 5.22. The number of nitrogens with one attached hydrogen (secondary N) is 1. The molecule has 0 spiro atoms. The lowest BCUT2D eigenvalue weighted by atomic mass is 9.95. The Kier molecular flexibility index (Phi) is 3.66. The van der Waals surface area contributed by atoms with Crippen LogP contribution in [0.3, 0.4) is 0 Å². The van der Waals surface area contributed by atoms with Crippen molar-refractivity contribution in [2.75, 3.05) is 26.2 Å². The number of ether oxygens (including phenoxy) is 1. The molecule has 0 amide bonds. The Morgan fingerprint density at radius 2 is 2.12 bits per heavy atom. The van der Waals surface area contributed by atoms with Crippen LogP contribution < -0.4 is 5.32 Å². The standard InChI is InChI=1S/C13H24N2O2/c16-10(9-15-5-1-2-6-15)8-14-12-7-11-3-4-13(12)17-11/h10-14,16H,1-9H2. The van der Waals surface area contributed by atoms with E-state index in [9.17, 15) is 5.11 Å². The molecule has 0 aromatic carbocycles. The number of hydrogen-bond donors (Lipinski definition) is 2. The van der Waals surface area contributed by atoms with Gasteiger partial charge in [0.2, 0.25) is 0 Å². The number of β-amino-alcohol motifs (C(OH)–C–C–N with tert-alkyl or cyclic N) is 1. The van der Waals surface area contributed by atoms with Crippen LogP contribution in [-0.4, -0.2) is 60.5 Å². The van der Waals surface area contributed by atoms with Gasteiger partial charge in [-0.25, -0.2) is 0 Å². The third kappa shape index (κ3) is 2.81. The quantitative estimate of drug-likeness (QED) is 0.728. The minimum atomic E-state index is -0.229. The van der Waals surface area contributed by atoms with Crippen molar-refractivity contribution in [2.24, 2.45) is 0 Å². The second-order valence-corrected chi connectivity index (χ2v) is 5.79. The van der Waals surface area contributed by atoms with Crippen molar-refractivity contribution in [3.8, 4) is 0 Å². The lowest BCUT2D eigenvalue weighted by molar-refractivity contribution is 0.0902.